The molecule has 0 spiro atoms. The summed E-state index contributed by atoms with van der Waals surface area (Å²) in [4.78, 5) is 15.7. The van der Waals surface area contributed by atoms with E-state index in [-0.39, 0.29) is 24.0 Å². The number of piperidine rings is 1. The maximum Gasteiger partial charge on any atom is 0.263 e. The van der Waals surface area contributed by atoms with Gasteiger partial charge < -0.3 is 15.0 Å². The SMILES string of the molecule is CC(C)(Oc1ccc(Cl)cc1Cl)C(=O)NC1CC2CCC(C1)N2c1cccc(S(C)(=O)=O)c1. The Morgan fingerprint density at radius 3 is 2.36 bits per heavy atom. The number of carbonyl (C=O) groups is 1. The van der Waals surface area contributed by atoms with Crippen LogP contribution in [0.2, 0.25) is 10.0 Å². The fourth-order valence-electron chi connectivity index (χ4n) is 4.83. The average molecular weight is 511 g/mol. The van der Waals surface area contributed by atoms with Gasteiger partial charge in [0.15, 0.2) is 15.4 Å². The molecule has 2 saturated heterocycles. The van der Waals surface area contributed by atoms with E-state index in [1.807, 2.05) is 6.07 Å². The number of nitrogens with zero attached hydrogens (tertiary/aromatic N) is 1. The first kappa shape index (κ1) is 24.2. The number of anilines is 1. The van der Waals surface area contributed by atoms with E-state index in [9.17, 15) is 13.2 Å². The summed E-state index contributed by atoms with van der Waals surface area (Å²) in [7, 11) is -3.27. The Bertz CT molecular complexity index is 1150. The van der Waals surface area contributed by atoms with E-state index in [0.717, 1.165) is 31.4 Å². The lowest BCUT2D eigenvalue weighted by atomic mass is 9.95. The Balaban J connectivity index is 1.43. The van der Waals surface area contributed by atoms with Crippen LogP contribution in [0.4, 0.5) is 5.69 Å². The molecule has 4 rings (SSSR count). The van der Waals surface area contributed by atoms with Gasteiger partial charge in [-0.1, -0.05) is 29.3 Å². The van der Waals surface area contributed by atoms with E-state index in [4.69, 9.17) is 27.9 Å². The van der Waals surface area contributed by atoms with Crippen molar-refractivity contribution in [2.75, 3.05) is 11.2 Å². The van der Waals surface area contributed by atoms with Crippen molar-refractivity contribution >= 4 is 44.6 Å². The van der Waals surface area contributed by atoms with Gasteiger partial charge in [-0.05, 0) is 75.9 Å². The summed E-state index contributed by atoms with van der Waals surface area (Å²) < 4.78 is 29.9. The molecule has 33 heavy (non-hydrogen) atoms. The normalized spacial score (nSPS) is 22.8. The molecule has 2 fully saturated rings. The molecule has 2 unspecified atom stereocenters. The van der Waals surface area contributed by atoms with Crippen LogP contribution in [0.25, 0.3) is 0 Å². The summed E-state index contributed by atoms with van der Waals surface area (Å²) in [5, 5.41) is 4.01. The van der Waals surface area contributed by atoms with E-state index in [2.05, 4.69) is 10.2 Å². The molecule has 2 aromatic carbocycles. The highest BCUT2D eigenvalue weighted by Gasteiger charge is 2.43. The van der Waals surface area contributed by atoms with Crippen molar-refractivity contribution in [1.29, 1.82) is 0 Å². The van der Waals surface area contributed by atoms with E-state index in [0.29, 0.717) is 20.7 Å². The van der Waals surface area contributed by atoms with Crippen molar-refractivity contribution in [2.24, 2.45) is 0 Å². The van der Waals surface area contributed by atoms with Crippen LogP contribution in [0.15, 0.2) is 47.4 Å². The third-order valence-corrected chi connectivity index (χ3v) is 8.06. The molecule has 0 aromatic heterocycles. The lowest BCUT2D eigenvalue weighted by Crippen LogP contribution is -2.55. The molecule has 9 heteroatoms. The minimum atomic E-state index is -3.27. The van der Waals surface area contributed by atoms with Gasteiger partial charge in [0.25, 0.3) is 5.91 Å². The standard InChI is InChI=1S/C24H28Cl2N2O4S/c1-24(2,32-22-10-7-15(25)11-21(22)26)23(29)27-16-12-18-8-9-19(13-16)28(18)17-5-4-6-20(14-17)33(3,30)31/h4-7,10-11,14,16,18-19H,8-9,12-13H2,1-3H3,(H,27,29). The molecule has 0 aliphatic carbocycles. The Morgan fingerprint density at radius 2 is 1.76 bits per heavy atom. The quantitative estimate of drug-likeness (QED) is 0.599. The van der Waals surface area contributed by atoms with Crippen molar-refractivity contribution in [3.05, 3.63) is 52.5 Å². The summed E-state index contributed by atoms with van der Waals surface area (Å²) >= 11 is 12.2. The summed E-state index contributed by atoms with van der Waals surface area (Å²) in [5.74, 6) is 0.201. The topological polar surface area (TPSA) is 75.7 Å². The molecule has 0 radical (unpaired) electrons. The summed E-state index contributed by atoms with van der Waals surface area (Å²) in [5.41, 5.74) is -0.187. The predicted molar refractivity (Wildman–Crippen MR) is 131 cm³/mol. The lowest BCUT2D eigenvalue weighted by molar-refractivity contribution is -0.135. The Labute approximate surface area is 205 Å². The van der Waals surface area contributed by atoms with Gasteiger partial charge >= 0.3 is 0 Å². The molecular formula is C24H28Cl2N2O4S. The largest absolute Gasteiger partial charge is 0.476 e. The maximum absolute atomic E-state index is 13.1. The number of hydrogen-bond donors (Lipinski definition) is 1. The van der Waals surface area contributed by atoms with E-state index < -0.39 is 15.4 Å². The molecule has 1 amide bonds. The molecule has 2 atom stereocenters. The maximum atomic E-state index is 13.1. The Kier molecular flexibility index (Phi) is 6.60. The fraction of sp³-hybridized carbons (Fsp3) is 0.458. The second-order valence-electron chi connectivity index (χ2n) is 9.39. The number of rotatable bonds is 6. The second-order valence-corrected chi connectivity index (χ2v) is 12.3. The highest BCUT2D eigenvalue weighted by atomic mass is 35.5. The molecule has 2 bridgehead atoms. The van der Waals surface area contributed by atoms with Crippen molar-refractivity contribution < 1.29 is 17.9 Å². The van der Waals surface area contributed by atoms with Gasteiger partial charge in [-0.15, -0.1) is 0 Å². The van der Waals surface area contributed by atoms with Crippen LogP contribution in [0.5, 0.6) is 5.75 Å². The number of ether oxygens (including phenoxy) is 1. The van der Waals surface area contributed by atoms with Gasteiger partial charge in [0.05, 0.1) is 9.92 Å². The number of nitrogens with one attached hydrogen (secondary N) is 1. The molecule has 2 aromatic rings. The molecule has 6 nitrogen and oxygen atoms in total. The van der Waals surface area contributed by atoms with Gasteiger partial charge in [-0.3, -0.25) is 4.79 Å². The zero-order valence-corrected chi connectivity index (χ0v) is 21.2. The first-order chi connectivity index (χ1) is 15.4. The van der Waals surface area contributed by atoms with E-state index >= 15 is 0 Å². The fourth-order valence-corrected chi connectivity index (χ4v) is 5.94. The Morgan fingerprint density at radius 1 is 1.09 bits per heavy atom. The number of carbonyl (C=O) groups excluding carboxylic acids is 1. The number of halogens is 2. The third kappa shape index (κ3) is 5.26. The number of fused-ring (bicyclic) bond motifs is 2. The van der Waals surface area contributed by atoms with Crippen LogP contribution >= 0.6 is 23.2 Å². The van der Waals surface area contributed by atoms with Crippen LogP contribution in [-0.2, 0) is 14.6 Å². The van der Waals surface area contributed by atoms with Crippen molar-refractivity contribution in [1.82, 2.24) is 5.32 Å². The predicted octanol–water partition coefficient (Wildman–Crippen LogP) is 4.87. The van der Waals surface area contributed by atoms with Gasteiger partial charge in [0.1, 0.15) is 5.75 Å². The van der Waals surface area contributed by atoms with Crippen LogP contribution in [0, 0.1) is 0 Å². The van der Waals surface area contributed by atoms with Crippen LogP contribution in [-0.4, -0.2) is 44.3 Å². The Hall–Kier alpha value is -1.96. The summed E-state index contributed by atoms with van der Waals surface area (Å²) in [6.07, 6.45) is 4.84. The van der Waals surface area contributed by atoms with E-state index in [1.165, 1.54) is 6.26 Å². The number of benzene rings is 2. The average Bonchev–Trinajstić information content (AvgIpc) is 3.00. The number of hydrogen-bond acceptors (Lipinski definition) is 5. The summed E-state index contributed by atoms with van der Waals surface area (Å²) in [6.45, 7) is 3.43. The van der Waals surface area contributed by atoms with Crippen molar-refractivity contribution in [3.63, 3.8) is 0 Å². The smallest absolute Gasteiger partial charge is 0.263 e. The minimum absolute atomic E-state index is 0.0212. The molecule has 178 valence electrons. The van der Waals surface area contributed by atoms with Gasteiger partial charge in [0, 0.05) is 35.1 Å². The zero-order valence-electron chi connectivity index (χ0n) is 18.8. The summed E-state index contributed by atoms with van der Waals surface area (Å²) in [6, 6.07) is 12.6. The minimum Gasteiger partial charge on any atom is -0.476 e. The third-order valence-electron chi connectivity index (χ3n) is 6.42. The number of amides is 1. The van der Waals surface area contributed by atoms with Crippen molar-refractivity contribution in [3.8, 4) is 5.75 Å². The van der Waals surface area contributed by atoms with Crippen molar-refractivity contribution in [2.45, 2.75) is 68.2 Å². The van der Waals surface area contributed by atoms with Gasteiger partial charge in [0.2, 0.25) is 0 Å². The van der Waals surface area contributed by atoms with Gasteiger partial charge in [-0.2, -0.15) is 0 Å². The highest BCUT2D eigenvalue weighted by molar-refractivity contribution is 7.90. The van der Waals surface area contributed by atoms with Crippen LogP contribution in [0.1, 0.15) is 39.5 Å². The molecule has 0 saturated carbocycles. The first-order valence-corrected chi connectivity index (χ1v) is 13.6. The monoisotopic (exact) mass is 510 g/mol. The number of sulfone groups is 1. The zero-order chi connectivity index (χ0) is 24.0. The van der Waals surface area contributed by atoms with E-state index in [1.54, 1.807) is 50.2 Å². The molecule has 2 aliphatic heterocycles. The molecule has 2 aliphatic rings. The molecule has 1 N–H and O–H groups in total. The van der Waals surface area contributed by atoms with Gasteiger partial charge in [-0.25, -0.2) is 8.42 Å². The van der Waals surface area contributed by atoms with Crippen LogP contribution < -0.4 is 15.0 Å². The second kappa shape index (κ2) is 9.01. The highest BCUT2D eigenvalue weighted by Crippen LogP contribution is 2.40. The lowest BCUT2D eigenvalue weighted by Gasteiger charge is -2.41. The first-order valence-electron chi connectivity index (χ1n) is 11.0. The molecule has 2 heterocycles. The molecular weight excluding hydrogens is 483 g/mol. The van der Waals surface area contributed by atoms with Crippen LogP contribution in [0.3, 0.4) is 0 Å².